The van der Waals surface area contributed by atoms with E-state index in [1.165, 1.54) is 24.7 Å². The number of nitrogen functional groups attached to an aromatic ring is 1. The lowest BCUT2D eigenvalue weighted by molar-refractivity contribution is 0.102. The van der Waals surface area contributed by atoms with Crippen molar-refractivity contribution < 1.29 is 9.32 Å². The minimum atomic E-state index is -0.420. The summed E-state index contributed by atoms with van der Waals surface area (Å²) in [7, 11) is 0. The highest BCUT2D eigenvalue weighted by molar-refractivity contribution is 6.02. The number of rotatable bonds is 2. The van der Waals surface area contributed by atoms with E-state index in [4.69, 9.17) is 5.73 Å². The monoisotopic (exact) mass is 205 g/mol. The molecule has 2 aromatic rings. The zero-order valence-corrected chi connectivity index (χ0v) is 7.54. The molecule has 3 N–H and O–H groups in total. The summed E-state index contributed by atoms with van der Waals surface area (Å²) >= 11 is 0. The van der Waals surface area contributed by atoms with Gasteiger partial charge >= 0.3 is 0 Å². The van der Waals surface area contributed by atoms with Gasteiger partial charge in [-0.05, 0) is 0 Å². The zero-order valence-electron chi connectivity index (χ0n) is 7.54. The fourth-order valence-electron chi connectivity index (χ4n) is 0.913. The molecule has 2 heterocycles. The summed E-state index contributed by atoms with van der Waals surface area (Å²) in [6, 6.07) is 1.52. The Morgan fingerprint density at radius 2 is 2.27 bits per heavy atom. The molecule has 0 spiro atoms. The van der Waals surface area contributed by atoms with Crippen LogP contribution in [-0.2, 0) is 0 Å². The number of nitrogens with zero attached hydrogens (tertiary/aromatic N) is 3. The maximum absolute atomic E-state index is 11.5. The molecule has 7 heteroatoms. The second-order valence-corrected chi connectivity index (χ2v) is 2.67. The van der Waals surface area contributed by atoms with E-state index in [2.05, 4.69) is 25.0 Å². The molecule has 0 aliphatic heterocycles. The van der Waals surface area contributed by atoms with Crippen LogP contribution in [0.3, 0.4) is 0 Å². The second-order valence-electron chi connectivity index (χ2n) is 2.67. The van der Waals surface area contributed by atoms with Crippen LogP contribution >= 0.6 is 0 Å². The molecule has 1 amide bonds. The quantitative estimate of drug-likeness (QED) is 0.730. The first-order valence-corrected chi connectivity index (χ1v) is 4.05. The molecule has 2 rings (SSSR count). The summed E-state index contributed by atoms with van der Waals surface area (Å²) < 4.78 is 4.55. The Morgan fingerprint density at radius 3 is 2.87 bits per heavy atom. The van der Waals surface area contributed by atoms with Gasteiger partial charge in [-0.25, -0.2) is 9.97 Å². The van der Waals surface area contributed by atoms with Crippen LogP contribution in [0.15, 0.2) is 29.2 Å². The molecule has 0 fully saturated rings. The summed E-state index contributed by atoms with van der Waals surface area (Å²) in [5.41, 5.74) is 5.49. The smallest absolute Gasteiger partial charge is 0.277 e. The van der Waals surface area contributed by atoms with Crippen molar-refractivity contribution in [3.05, 3.63) is 30.4 Å². The normalized spacial score (nSPS) is 9.87. The molecule has 0 atom stereocenters. The summed E-state index contributed by atoms with van der Waals surface area (Å²) in [5.74, 6) is 0.156. The molecule has 7 nitrogen and oxygen atoms in total. The van der Waals surface area contributed by atoms with Gasteiger partial charge in [-0.3, -0.25) is 4.79 Å². The number of aromatic nitrogens is 3. The van der Waals surface area contributed by atoms with Crippen LogP contribution in [0.25, 0.3) is 0 Å². The van der Waals surface area contributed by atoms with Gasteiger partial charge in [0.1, 0.15) is 17.8 Å². The van der Waals surface area contributed by atoms with Gasteiger partial charge < -0.3 is 15.6 Å². The molecule has 0 radical (unpaired) electrons. The van der Waals surface area contributed by atoms with E-state index < -0.39 is 5.91 Å². The van der Waals surface area contributed by atoms with Crippen LogP contribution < -0.4 is 11.1 Å². The Balaban J connectivity index is 2.11. The van der Waals surface area contributed by atoms with E-state index in [1.54, 1.807) is 0 Å². The van der Waals surface area contributed by atoms with Gasteiger partial charge in [0.25, 0.3) is 5.91 Å². The number of nitrogens with one attached hydrogen (secondary N) is 1. The largest absolute Gasteiger partial charge is 0.382 e. The Hall–Kier alpha value is -2.44. The van der Waals surface area contributed by atoms with Crippen LogP contribution in [0.2, 0.25) is 0 Å². The summed E-state index contributed by atoms with van der Waals surface area (Å²) in [6.45, 7) is 0. The molecule has 0 aliphatic carbocycles. The lowest BCUT2D eigenvalue weighted by Gasteiger charge is -1.99. The SMILES string of the molecule is Nc1cnc(C(=O)Nc2ccon2)cn1. The first-order valence-electron chi connectivity index (χ1n) is 4.05. The van der Waals surface area contributed by atoms with Crippen molar-refractivity contribution in [3.63, 3.8) is 0 Å². The lowest BCUT2D eigenvalue weighted by Crippen LogP contribution is -2.14. The number of carbonyl (C=O) groups excluding carboxylic acids is 1. The molecule has 0 bridgehead atoms. The molecule has 15 heavy (non-hydrogen) atoms. The van der Waals surface area contributed by atoms with Crippen LogP contribution in [0.4, 0.5) is 11.6 Å². The second kappa shape index (κ2) is 3.74. The van der Waals surface area contributed by atoms with Crippen molar-refractivity contribution >= 4 is 17.5 Å². The van der Waals surface area contributed by atoms with Crippen molar-refractivity contribution in [2.24, 2.45) is 0 Å². The predicted molar refractivity (Wildman–Crippen MR) is 50.9 cm³/mol. The average molecular weight is 205 g/mol. The highest BCUT2D eigenvalue weighted by Crippen LogP contribution is 2.04. The topological polar surface area (TPSA) is 107 Å². The zero-order chi connectivity index (χ0) is 10.7. The fraction of sp³-hybridized carbons (Fsp3) is 0. The Morgan fingerprint density at radius 1 is 1.40 bits per heavy atom. The molecular formula is C8H7N5O2. The van der Waals surface area contributed by atoms with Crippen molar-refractivity contribution in [1.29, 1.82) is 0 Å². The highest BCUT2D eigenvalue weighted by atomic mass is 16.5. The third-order valence-electron chi connectivity index (χ3n) is 1.58. The van der Waals surface area contributed by atoms with Gasteiger partial charge in [-0.2, -0.15) is 0 Å². The number of carbonyl (C=O) groups is 1. The van der Waals surface area contributed by atoms with Gasteiger partial charge in [0, 0.05) is 6.07 Å². The van der Waals surface area contributed by atoms with Crippen molar-refractivity contribution in [1.82, 2.24) is 15.1 Å². The highest BCUT2D eigenvalue weighted by Gasteiger charge is 2.09. The number of hydrogen-bond acceptors (Lipinski definition) is 6. The van der Waals surface area contributed by atoms with Crippen LogP contribution in [0, 0.1) is 0 Å². The van der Waals surface area contributed by atoms with E-state index in [9.17, 15) is 4.79 Å². The maximum Gasteiger partial charge on any atom is 0.277 e. The molecule has 0 aliphatic rings. The summed E-state index contributed by atoms with van der Waals surface area (Å²) in [4.78, 5) is 19.0. The van der Waals surface area contributed by atoms with E-state index in [-0.39, 0.29) is 11.5 Å². The molecular weight excluding hydrogens is 198 g/mol. The van der Waals surface area contributed by atoms with Gasteiger partial charge in [-0.1, -0.05) is 5.16 Å². The van der Waals surface area contributed by atoms with Crippen LogP contribution in [0.1, 0.15) is 10.5 Å². The van der Waals surface area contributed by atoms with Gasteiger partial charge in [0.05, 0.1) is 12.4 Å². The lowest BCUT2D eigenvalue weighted by atomic mass is 10.4. The molecule has 2 aromatic heterocycles. The van der Waals surface area contributed by atoms with Crippen molar-refractivity contribution in [3.8, 4) is 0 Å². The maximum atomic E-state index is 11.5. The average Bonchev–Trinajstić information content (AvgIpc) is 2.71. The first-order chi connectivity index (χ1) is 7.25. The van der Waals surface area contributed by atoms with Crippen molar-refractivity contribution in [2.75, 3.05) is 11.1 Å². The first kappa shape index (κ1) is 9.13. The van der Waals surface area contributed by atoms with E-state index in [1.807, 2.05) is 0 Å². The van der Waals surface area contributed by atoms with Crippen LogP contribution in [-0.4, -0.2) is 21.0 Å². The van der Waals surface area contributed by atoms with Gasteiger partial charge in [-0.15, -0.1) is 0 Å². The Labute approximate surface area is 84.3 Å². The third-order valence-corrected chi connectivity index (χ3v) is 1.58. The minimum Gasteiger partial charge on any atom is -0.382 e. The van der Waals surface area contributed by atoms with E-state index in [0.29, 0.717) is 5.82 Å². The number of amides is 1. The van der Waals surface area contributed by atoms with E-state index >= 15 is 0 Å². The number of anilines is 2. The molecule has 0 unspecified atom stereocenters. The van der Waals surface area contributed by atoms with Gasteiger partial charge in [0.15, 0.2) is 5.82 Å². The third kappa shape index (κ3) is 2.08. The molecule has 0 aromatic carbocycles. The fourth-order valence-corrected chi connectivity index (χ4v) is 0.913. The Kier molecular flexibility index (Phi) is 2.28. The number of nitrogens with two attached hydrogens (primary N) is 1. The molecule has 0 saturated carbocycles. The standard InChI is InChI=1S/C8H7N5O2/c9-6-4-10-5(3-11-6)8(14)12-7-1-2-15-13-7/h1-4H,(H2,9,11)(H,12,13,14). The van der Waals surface area contributed by atoms with Gasteiger partial charge in [0.2, 0.25) is 0 Å². The molecule has 0 saturated heterocycles. The summed E-state index contributed by atoms with van der Waals surface area (Å²) in [6.07, 6.45) is 3.94. The van der Waals surface area contributed by atoms with E-state index in [0.717, 1.165) is 0 Å². The summed E-state index contributed by atoms with van der Waals surface area (Å²) in [5, 5.41) is 5.99. The number of hydrogen-bond donors (Lipinski definition) is 2. The Bertz CT molecular complexity index is 450. The van der Waals surface area contributed by atoms with Crippen molar-refractivity contribution in [2.45, 2.75) is 0 Å². The van der Waals surface area contributed by atoms with Crippen LogP contribution in [0.5, 0.6) is 0 Å². The predicted octanol–water partition coefficient (Wildman–Crippen LogP) is 0.299. The molecule has 76 valence electrons. The minimum absolute atomic E-state index is 0.159.